The molecule has 2 aliphatic carbocycles. The number of allylic oxidation sites excluding steroid dienone is 8. The third-order valence-corrected chi connectivity index (χ3v) is 9.39. The molecule has 126 valence electrons. The topological polar surface area (TPSA) is 0 Å². The summed E-state index contributed by atoms with van der Waals surface area (Å²) >= 11 is 0. The molecule has 0 amide bonds. The van der Waals surface area contributed by atoms with Gasteiger partial charge in [-0.05, 0) is 57.2 Å². The van der Waals surface area contributed by atoms with Gasteiger partial charge in [0.15, 0.2) is 0 Å². The zero-order chi connectivity index (χ0) is 17.5. The number of benzene rings is 1. The van der Waals surface area contributed by atoms with E-state index in [1.165, 1.54) is 23.1 Å². The van der Waals surface area contributed by atoms with Gasteiger partial charge >= 0.3 is 0 Å². The van der Waals surface area contributed by atoms with Gasteiger partial charge in [-0.3, -0.25) is 0 Å². The highest BCUT2D eigenvalue weighted by atomic mass is 28.2. The van der Waals surface area contributed by atoms with Crippen LogP contribution in [-0.2, 0) is 5.41 Å². The first-order chi connectivity index (χ1) is 11.3. The Balaban J connectivity index is 2.07. The summed E-state index contributed by atoms with van der Waals surface area (Å²) in [5.74, 6) is 0. The van der Waals surface area contributed by atoms with Gasteiger partial charge in [-0.2, -0.15) is 0 Å². The maximum Gasteiger partial charge on any atom is 0.0623 e. The molecule has 2 aliphatic rings. The minimum Gasteiger partial charge on any atom is -0.0840 e. The molecule has 0 spiro atoms. The number of hydrogen-bond donors (Lipinski definition) is 0. The number of aryl methyl sites for hydroxylation is 1. The molecule has 1 heteroatoms. The first-order valence-corrected chi connectivity index (χ1v) is 10.5. The van der Waals surface area contributed by atoms with Crippen LogP contribution in [-0.4, -0.2) is 9.52 Å². The van der Waals surface area contributed by atoms with E-state index in [2.05, 4.69) is 90.1 Å². The van der Waals surface area contributed by atoms with Gasteiger partial charge in [0.25, 0.3) is 0 Å². The van der Waals surface area contributed by atoms with Crippen molar-refractivity contribution in [1.82, 2.24) is 0 Å². The summed E-state index contributed by atoms with van der Waals surface area (Å²) in [5.41, 5.74) is 7.51. The van der Waals surface area contributed by atoms with E-state index in [1.807, 2.05) is 0 Å². The minimum absolute atomic E-state index is 0.0894. The van der Waals surface area contributed by atoms with Gasteiger partial charge in [0.2, 0.25) is 0 Å². The van der Waals surface area contributed by atoms with Crippen LogP contribution in [0.1, 0.15) is 52.2 Å². The fourth-order valence-corrected chi connectivity index (χ4v) is 7.10. The molecule has 0 aliphatic heterocycles. The summed E-state index contributed by atoms with van der Waals surface area (Å²) < 4.78 is 0. The van der Waals surface area contributed by atoms with Gasteiger partial charge in [-0.1, -0.05) is 77.4 Å². The normalized spacial score (nSPS) is 30.2. The van der Waals surface area contributed by atoms with Crippen molar-refractivity contribution in [2.45, 2.75) is 58.4 Å². The van der Waals surface area contributed by atoms with E-state index in [0.717, 1.165) is 0 Å². The van der Waals surface area contributed by atoms with E-state index in [-0.39, 0.29) is 5.41 Å². The van der Waals surface area contributed by atoms with E-state index >= 15 is 0 Å². The lowest BCUT2D eigenvalue weighted by molar-refractivity contribution is 0.679. The molecule has 0 nitrogen and oxygen atoms in total. The lowest BCUT2D eigenvalue weighted by Crippen LogP contribution is -2.31. The molecule has 1 aromatic rings. The van der Waals surface area contributed by atoms with E-state index in [1.54, 1.807) is 16.3 Å². The Morgan fingerprint density at radius 3 is 2.12 bits per heavy atom. The predicted molar refractivity (Wildman–Crippen MR) is 109 cm³/mol. The summed E-state index contributed by atoms with van der Waals surface area (Å²) in [7, 11) is -0.423. The van der Waals surface area contributed by atoms with Crippen molar-refractivity contribution >= 4 is 9.52 Å². The molecule has 0 aromatic heterocycles. The molecule has 0 N–H and O–H groups in total. The lowest BCUT2D eigenvalue weighted by Gasteiger charge is -2.37. The van der Waals surface area contributed by atoms with Crippen molar-refractivity contribution in [3.8, 4) is 0 Å². The second kappa shape index (κ2) is 6.04. The van der Waals surface area contributed by atoms with Gasteiger partial charge < -0.3 is 0 Å². The van der Waals surface area contributed by atoms with Crippen molar-refractivity contribution in [1.29, 1.82) is 0 Å². The highest BCUT2D eigenvalue weighted by Gasteiger charge is 2.42. The van der Waals surface area contributed by atoms with E-state index in [0.29, 0.717) is 5.04 Å². The van der Waals surface area contributed by atoms with Crippen molar-refractivity contribution in [2.24, 2.45) is 0 Å². The summed E-state index contributed by atoms with van der Waals surface area (Å²) in [6.07, 6.45) is 10.4. The second-order valence-electron chi connectivity index (χ2n) is 8.17. The molecule has 24 heavy (non-hydrogen) atoms. The van der Waals surface area contributed by atoms with E-state index < -0.39 is 9.52 Å². The first-order valence-electron chi connectivity index (χ1n) is 9.08. The van der Waals surface area contributed by atoms with Crippen molar-refractivity contribution in [3.05, 3.63) is 81.6 Å². The fraction of sp³-hybridized carbons (Fsp3) is 0.391. The Morgan fingerprint density at radius 2 is 1.54 bits per heavy atom. The van der Waals surface area contributed by atoms with Crippen LogP contribution < -0.4 is 0 Å². The first kappa shape index (κ1) is 17.2. The lowest BCUT2D eigenvalue weighted by atomic mass is 9.77. The Morgan fingerprint density at radius 1 is 0.875 bits per heavy atom. The Bertz CT molecular complexity index is 773. The molecule has 0 fully saturated rings. The molecule has 2 atom stereocenters. The number of hydrogen-bond acceptors (Lipinski definition) is 0. The van der Waals surface area contributed by atoms with Crippen LogP contribution in [0.2, 0.25) is 5.04 Å². The van der Waals surface area contributed by atoms with Gasteiger partial charge in [0.1, 0.15) is 0 Å². The van der Waals surface area contributed by atoms with Crippen LogP contribution >= 0.6 is 0 Å². The zero-order valence-electron chi connectivity index (χ0n) is 16.0. The van der Waals surface area contributed by atoms with Crippen LogP contribution in [0.4, 0.5) is 0 Å². The number of rotatable bonds is 3. The molecule has 0 heterocycles. The maximum atomic E-state index is 2.46. The van der Waals surface area contributed by atoms with Gasteiger partial charge in [0.05, 0.1) is 9.52 Å². The molecule has 1 aromatic carbocycles. The van der Waals surface area contributed by atoms with Gasteiger partial charge in [0, 0.05) is 5.41 Å². The summed E-state index contributed by atoms with van der Waals surface area (Å²) in [6, 6.07) is 9.22. The van der Waals surface area contributed by atoms with Crippen LogP contribution in [0.3, 0.4) is 0 Å². The molecule has 0 saturated heterocycles. The Hall–Kier alpha value is -1.60. The molecular formula is C23H30Si. The summed E-state index contributed by atoms with van der Waals surface area (Å²) in [4.78, 5) is 0. The summed E-state index contributed by atoms with van der Waals surface area (Å²) in [5, 5.41) is 2.10. The molecule has 0 saturated carbocycles. The zero-order valence-corrected chi connectivity index (χ0v) is 17.4. The molecule has 0 radical (unpaired) electrons. The SMILES string of the molecule is CC1=C(C)C(C)(c2ccc(C)cc2)C([SiH2]C2(C)C=CC=CC2)=C1C. The standard InChI is InChI=1S/C23H30Si/c1-16-10-12-20(13-11-16)23(6)19(4)17(2)18(3)21(23)24-22(5)14-8-7-9-15-22/h7-14H,15,24H2,1-6H3. The third-order valence-electron chi connectivity index (χ3n) is 6.47. The third kappa shape index (κ3) is 2.69. The Kier molecular flexibility index (Phi) is 4.33. The fourth-order valence-electron chi connectivity index (χ4n) is 4.38. The average Bonchev–Trinajstić information content (AvgIpc) is 2.72. The van der Waals surface area contributed by atoms with Gasteiger partial charge in [-0.25, -0.2) is 0 Å². The highest BCUT2D eigenvalue weighted by Crippen LogP contribution is 2.51. The smallest absolute Gasteiger partial charge is 0.0623 e. The molecule has 0 bridgehead atoms. The van der Waals surface area contributed by atoms with Crippen LogP contribution in [0.15, 0.2) is 70.5 Å². The van der Waals surface area contributed by atoms with E-state index in [4.69, 9.17) is 0 Å². The van der Waals surface area contributed by atoms with Crippen LogP contribution in [0.5, 0.6) is 0 Å². The monoisotopic (exact) mass is 334 g/mol. The summed E-state index contributed by atoms with van der Waals surface area (Å²) in [6.45, 7) is 14.1. The maximum absolute atomic E-state index is 2.46. The average molecular weight is 335 g/mol. The molecular weight excluding hydrogens is 304 g/mol. The quantitative estimate of drug-likeness (QED) is 0.618. The van der Waals surface area contributed by atoms with E-state index in [9.17, 15) is 0 Å². The molecule has 3 rings (SSSR count). The van der Waals surface area contributed by atoms with Crippen molar-refractivity contribution < 1.29 is 0 Å². The van der Waals surface area contributed by atoms with Crippen LogP contribution in [0.25, 0.3) is 0 Å². The van der Waals surface area contributed by atoms with Crippen molar-refractivity contribution in [2.75, 3.05) is 0 Å². The Labute approximate surface area is 149 Å². The van der Waals surface area contributed by atoms with Crippen molar-refractivity contribution in [3.63, 3.8) is 0 Å². The molecule has 2 unspecified atom stereocenters. The highest BCUT2D eigenvalue weighted by molar-refractivity contribution is 6.51. The second-order valence-corrected chi connectivity index (χ2v) is 10.8. The largest absolute Gasteiger partial charge is 0.0840 e. The van der Waals surface area contributed by atoms with Gasteiger partial charge in [-0.15, -0.1) is 0 Å². The minimum atomic E-state index is -0.423. The predicted octanol–water partition coefficient (Wildman–Crippen LogP) is 5.74. The van der Waals surface area contributed by atoms with Crippen LogP contribution in [0, 0.1) is 6.92 Å².